The maximum absolute atomic E-state index is 12.4. The second-order valence-electron chi connectivity index (χ2n) is 6.18. The quantitative estimate of drug-likeness (QED) is 0.838. The number of hydrogen-bond donors (Lipinski definition) is 1. The van der Waals surface area contributed by atoms with E-state index in [4.69, 9.17) is 27.9 Å². The number of halogens is 2. The molecule has 5 atom stereocenters. The number of likely N-dealkylation sites (N-methyl/N-ethyl adjacent to an activating group) is 1. The molecular weight excluding hydrogens is 325 g/mol. The summed E-state index contributed by atoms with van der Waals surface area (Å²) in [7, 11) is 3.36. The van der Waals surface area contributed by atoms with Crippen LogP contribution in [0.1, 0.15) is 24.3 Å². The van der Waals surface area contributed by atoms with Gasteiger partial charge in [-0.1, -0.05) is 29.3 Å². The molecule has 0 radical (unpaired) electrons. The number of rotatable bonds is 2. The summed E-state index contributed by atoms with van der Waals surface area (Å²) in [6, 6.07) is 5.53. The highest BCUT2D eigenvalue weighted by atomic mass is 35.5. The van der Waals surface area contributed by atoms with Gasteiger partial charge in [0.2, 0.25) is 0 Å². The minimum Gasteiger partial charge on any atom is -0.469 e. The Balaban J connectivity index is 2.01. The molecule has 3 rings (SSSR count). The number of esters is 1. The van der Waals surface area contributed by atoms with Crippen molar-refractivity contribution in [2.45, 2.75) is 36.9 Å². The molecule has 2 aliphatic heterocycles. The summed E-state index contributed by atoms with van der Waals surface area (Å²) in [5, 5.41) is 11.3. The number of methoxy groups -OCH3 is 1. The SMILES string of the molecule is COC(=O)[C@H]1[C@@H]2[C@@H](O)C[C@H](C[C@H]1c1ccc(Cl)c(Cl)c1)N2C. The molecule has 4 nitrogen and oxygen atoms in total. The second kappa shape index (κ2) is 6.00. The van der Waals surface area contributed by atoms with Gasteiger partial charge in [-0.2, -0.15) is 0 Å². The first-order chi connectivity index (χ1) is 10.4. The molecule has 0 spiro atoms. The van der Waals surface area contributed by atoms with Gasteiger partial charge in [0.15, 0.2) is 0 Å². The Morgan fingerprint density at radius 2 is 2.05 bits per heavy atom. The van der Waals surface area contributed by atoms with Crippen molar-refractivity contribution in [3.05, 3.63) is 33.8 Å². The average Bonchev–Trinajstić information content (AvgIpc) is 2.68. The van der Waals surface area contributed by atoms with Crippen LogP contribution in [0, 0.1) is 5.92 Å². The molecule has 0 amide bonds. The molecule has 1 aromatic carbocycles. The molecule has 0 aromatic heterocycles. The maximum atomic E-state index is 12.4. The molecule has 2 saturated heterocycles. The standard InChI is InChI=1S/C16H19Cl2NO3/c1-19-9-6-10(8-3-4-11(17)12(18)5-8)14(16(21)22-2)15(19)13(20)7-9/h3-5,9-10,13-15,20H,6-7H2,1-2H3/t9-,10-,13-,14+,15-/m0/s1. The summed E-state index contributed by atoms with van der Waals surface area (Å²) >= 11 is 12.1. The van der Waals surface area contributed by atoms with Crippen LogP contribution < -0.4 is 0 Å². The molecule has 2 bridgehead atoms. The van der Waals surface area contributed by atoms with Crippen LogP contribution in [-0.2, 0) is 9.53 Å². The van der Waals surface area contributed by atoms with Crippen LogP contribution in [0.2, 0.25) is 10.0 Å². The Kier molecular flexibility index (Phi) is 4.38. The van der Waals surface area contributed by atoms with Gasteiger partial charge in [-0.15, -0.1) is 0 Å². The molecule has 0 unspecified atom stereocenters. The van der Waals surface area contributed by atoms with Gasteiger partial charge in [0.25, 0.3) is 0 Å². The first-order valence-corrected chi connectivity index (χ1v) is 8.12. The fourth-order valence-corrected chi connectivity index (χ4v) is 4.36. The zero-order chi connectivity index (χ0) is 16.0. The van der Waals surface area contributed by atoms with E-state index in [1.54, 1.807) is 6.07 Å². The first-order valence-electron chi connectivity index (χ1n) is 7.36. The normalized spacial score (nSPS) is 34.7. The molecule has 2 heterocycles. The molecule has 6 heteroatoms. The number of carbonyl (C=O) groups excluding carboxylic acids is 1. The molecule has 1 N–H and O–H groups in total. The van der Waals surface area contributed by atoms with E-state index in [1.807, 2.05) is 19.2 Å². The monoisotopic (exact) mass is 343 g/mol. The van der Waals surface area contributed by atoms with Crippen LogP contribution in [0.4, 0.5) is 0 Å². The molecule has 2 aliphatic rings. The van der Waals surface area contributed by atoms with Crippen LogP contribution in [0.3, 0.4) is 0 Å². The third-order valence-electron chi connectivity index (χ3n) is 5.13. The van der Waals surface area contributed by atoms with Crippen LogP contribution in [0.5, 0.6) is 0 Å². The molecule has 0 saturated carbocycles. The Labute approximate surface area is 140 Å². The van der Waals surface area contributed by atoms with E-state index in [-0.39, 0.29) is 24.0 Å². The fourth-order valence-electron chi connectivity index (χ4n) is 4.06. The molecular formula is C16H19Cl2NO3. The van der Waals surface area contributed by atoms with Gasteiger partial charge in [-0.05, 0) is 37.6 Å². The predicted molar refractivity (Wildman–Crippen MR) is 85.3 cm³/mol. The van der Waals surface area contributed by atoms with Crippen molar-refractivity contribution >= 4 is 29.2 Å². The van der Waals surface area contributed by atoms with Gasteiger partial charge >= 0.3 is 5.97 Å². The lowest BCUT2D eigenvalue weighted by atomic mass is 9.76. The second-order valence-corrected chi connectivity index (χ2v) is 6.99. The lowest BCUT2D eigenvalue weighted by Crippen LogP contribution is -2.51. The number of carbonyl (C=O) groups is 1. The number of aliphatic hydroxyl groups is 1. The summed E-state index contributed by atoms with van der Waals surface area (Å²) in [4.78, 5) is 14.5. The zero-order valence-corrected chi connectivity index (χ0v) is 14.0. The van der Waals surface area contributed by atoms with E-state index in [9.17, 15) is 9.90 Å². The van der Waals surface area contributed by atoms with Crippen molar-refractivity contribution in [2.75, 3.05) is 14.2 Å². The van der Waals surface area contributed by atoms with E-state index in [2.05, 4.69) is 4.90 Å². The maximum Gasteiger partial charge on any atom is 0.310 e. The number of ether oxygens (including phenoxy) is 1. The Bertz CT molecular complexity index is 595. The van der Waals surface area contributed by atoms with Crippen LogP contribution in [0.25, 0.3) is 0 Å². The third kappa shape index (κ3) is 2.52. The van der Waals surface area contributed by atoms with Crippen LogP contribution in [0.15, 0.2) is 18.2 Å². The van der Waals surface area contributed by atoms with E-state index < -0.39 is 12.0 Å². The van der Waals surface area contributed by atoms with E-state index in [0.717, 1.165) is 12.0 Å². The van der Waals surface area contributed by atoms with E-state index in [0.29, 0.717) is 16.5 Å². The largest absolute Gasteiger partial charge is 0.469 e. The Morgan fingerprint density at radius 3 is 2.68 bits per heavy atom. The first kappa shape index (κ1) is 16.1. The lowest BCUT2D eigenvalue weighted by Gasteiger charge is -2.42. The smallest absolute Gasteiger partial charge is 0.310 e. The molecule has 120 valence electrons. The molecule has 1 aromatic rings. The highest BCUT2D eigenvalue weighted by molar-refractivity contribution is 6.42. The third-order valence-corrected chi connectivity index (χ3v) is 5.87. The highest BCUT2D eigenvalue weighted by Crippen LogP contribution is 2.47. The van der Waals surface area contributed by atoms with E-state index >= 15 is 0 Å². The number of fused-ring (bicyclic) bond motifs is 2. The number of aliphatic hydroxyl groups excluding tert-OH is 1. The minimum absolute atomic E-state index is 0.0226. The van der Waals surface area contributed by atoms with Crippen molar-refractivity contribution in [3.8, 4) is 0 Å². The number of hydrogen-bond acceptors (Lipinski definition) is 4. The highest BCUT2D eigenvalue weighted by Gasteiger charge is 2.53. The van der Waals surface area contributed by atoms with Gasteiger partial charge < -0.3 is 9.84 Å². The topological polar surface area (TPSA) is 49.8 Å². The summed E-state index contributed by atoms with van der Waals surface area (Å²) in [5.41, 5.74) is 0.974. The summed E-state index contributed by atoms with van der Waals surface area (Å²) in [6.07, 6.45) is 0.973. The summed E-state index contributed by atoms with van der Waals surface area (Å²) in [5.74, 6) is -0.709. The van der Waals surface area contributed by atoms with Gasteiger partial charge in [-0.25, -0.2) is 0 Å². The molecule has 0 aliphatic carbocycles. The van der Waals surface area contributed by atoms with Crippen molar-refractivity contribution in [3.63, 3.8) is 0 Å². The summed E-state index contributed by atoms with van der Waals surface area (Å²) < 4.78 is 5.01. The molecule has 2 fully saturated rings. The summed E-state index contributed by atoms with van der Waals surface area (Å²) in [6.45, 7) is 0. The number of nitrogens with zero attached hydrogens (tertiary/aromatic N) is 1. The Morgan fingerprint density at radius 1 is 1.32 bits per heavy atom. The minimum atomic E-state index is -0.508. The van der Waals surface area contributed by atoms with E-state index in [1.165, 1.54) is 7.11 Å². The number of benzene rings is 1. The van der Waals surface area contributed by atoms with Gasteiger partial charge in [0.1, 0.15) is 0 Å². The van der Waals surface area contributed by atoms with Crippen molar-refractivity contribution in [1.82, 2.24) is 4.90 Å². The van der Waals surface area contributed by atoms with Gasteiger partial charge in [-0.3, -0.25) is 9.69 Å². The predicted octanol–water partition coefficient (Wildman–Crippen LogP) is 2.70. The van der Waals surface area contributed by atoms with Crippen LogP contribution >= 0.6 is 23.2 Å². The van der Waals surface area contributed by atoms with Crippen LogP contribution in [-0.4, -0.2) is 48.3 Å². The molecule has 22 heavy (non-hydrogen) atoms. The zero-order valence-electron chi connectivity index (χ0n) is 12.5. The van der Waals surface area contributed by atoms with Crippen molar-refractivity contribution < 1.29 is 14.6 Å². The number of piperidine rings is 1. The Hall–Kier alpha value is -0.810. The fraction of sp³-hybridized carbons (Fsp3) is 0.562. The lowest BCUT2D eigenvalue weighted by molar-refractivity contribution is -0.151. The van der Waals surface area contributed by atoms with Gasteiger partial charge in [0, 0.05) is 18.0 Å². The van der Waals surface area contributed by atoms with Crippen molar-refractivity contribution in [1.29, 1.82) is 0 Å². The van der Waals surface area contributed by atoms with Crippen molar-refractivity contribution in [2.24, 2.45) is 5.92 Å². The van der Waals surface area contributed by atoms with Gasteiger partial charge in [0.05, 0.1) is 29.2 Å². The average molecular weight is 344 g/mol.